The van der Waals surface area contributed by atoms with E-state index in [1.165, 1.54) is 11.8 Å². The topological polar surface area (TPSA) is 95.1 Å². The van der Waals surface area contributed by atoms with Crippen molar-refractivity contribution in [2.45, 2.75) is 12.1 Å². The molecule has 8 nitrogen and oxygen atoms in total. The molecule has 0 unspecified atom stereocenters. The van der Waals surface area contributed by atoms with E-state index in [0.717, 1.165) is 17.0 Å². The molecule has 1 amide bonds. The summed E-state index contributed by atoms with van der Waals surface area (Å²) in [6.07, 6.45) is 0. The summed E-state index contributed by atoms with van der Waals surface area (Å²) >= 11 is 1.29. The van der Waals surface area contributed by atoms with Gasteiger partial charge in [-0.05, 0) is 43.3 Å². The van der Waals surface area contributed by atoms with Gasteiger partial charge < -0.3 is 14.6 Å². The molecule has 0 atom stereocenters. The highest BCUT2D eigenvalue weighted by molar-refractivity contribution is 7.99. The number of carbonyl (C=O) groups is 1. The van der Waals surface area contributed by atoms with Crippen LogP contribution in [0.3, 0.4) is 0 Å². The van der Waals surface area contributed by atoms with Crippen molar-refractivity contribution in [3.05, 3.63) is 66.4 Å². The van der Waals surface area contributed by atoms with Gasteiger partial charge in [-0.3, -0.25) is 9.36 Å². The molecular weight excluding hydrogens is 402 g/mol. The van der Waals surface area contributed by atoms with Gasteiger partial charge in [0.2, 0.25) is 5.91 Å². The number of nitrogens with one attached hydrogen (secondary N) is 1. The second kappa shape index (κ2) is 8.83. The Hall–Kier alpha value is -3.59. The fraction of sp³-hybridized carbons (Fsp3) is 0.143. The Labute approximate surface area is 177 Å². The molecule has 152 valence electrons. The minimum absolute atomic E-state index is 0.152. The molecule has 4 rings (SSSR count). The van der Waals surface area contributed by atoms with Gasteiger partial charge >= 0.3 is 0 Å². The maximum atomic E-state index is 12.3. The van der Waals surface area contributed by atoms with Crippen molar-refractivity contribution in [1.82, 2.24) is 19.9 Å². The fourth-order valence-electron chi connectivity index (χ4n) is 2.83. The van der Waals surface area contributed by atoms with E-state index < -0.39 is 0 Å². The van der Waals surface area contributed by atoms with E-state index in [2.05, 4.69) is 20.7 Å². The van der Waals surface area contributed by atoms with Crippen LogP contribution in [0.2, 0.25) is 0 Å². The summed E-state index contributed by atoms with van der Waals surface area (Å²) in [5.74, 6) is 2.41. The van der Waals surface area contributed by atoms with Crippen LogP contribution in [0.1, 0.15) is 5.76 Å². The molecule has 2 aromatic heterocycles. The first-order valence-corrected chi connectivity index (χ1v) is 10.1. The molecular formula is C21H19N5O3S. The van der Waals surface area contributed by atoms with E-state index in [0.29, 0.717) is 22.6 Å². The van der Waals surface area contributed by atoms with Crippen LogP contribution < -0.4 is 10.1 Å². The van der Waals surface area contributed by atoms with E-state index >= 15 is 0 Å². The number of hydrogen-bond acceptors (Lipinski definition) is 7. The van der Waals surface area contributed by atoms with E-state index in [1.54, 1.807) is 20.1 Å². The molecule has 1 N–H and O–H groups in total. The lowest BCUT2D eigenvalue weighted by atomic mass is 10.2. The number of hydrogen-bond donors (Lipinski definition) is 1. The van der Waals surface area contributed by atoms with Gasteiger partial charge in [0.15, 0.2) is 16.8 Å². The summed E-state index contributed by atoms with van der Waals surface area (Å²) in [4.78, 5) is 12.3. The van der Waals surface area contributed by atoms with Crippen LogP contribution in [-0.2, 0) is 4.79 Å². The molecule has 4 aromatic rings. The maximum absolute atomic E-state index is 12.3. The first-order valence-electron chi connectivity index (χ1n) is 9.15. The fourth-order valence-corrected chi connectivity index (χ4v) is 3.59. The van der Waals surface area contributed by atoms with Crippen molar-refractivity contribution in [2.24, 2.45) is 0 Å². The zero-order chi connectivity index (χ0) is 20.9. The van der Waals surface area contributed by atoms with Gasteiger partial charge in [-0.1, -0.05) is 35.1 Å². The van der Waals surface area contributed by atoms with Gasteiger partial charge in [0, 0.05) is 17.3 Å². The predicted octanol–water partition coefficient (Wildman–Crippen LogP) is 3.97. The summed E-state index contributed by atoms with van der Waals surface area (Å²) in [6.45, 7) is 1.76. The van der Waals surface area contributed by atoms with Crippen LogP contribution in [0.5, 0.6) is 5.75 Å². The third-order valence-electron chi connectivity index (χ3n) is 4.22. The Morgan fingerprint density at radius 3 is 2.57 bits per heavy atom. The average Bonchev–Trinajstić information content (AvgIpc) is 3.39. The number of aryl methyl sites for hydroxylation is 1. The van der Waals surface area contributed by atoms with Crippen LogP contribution in [0, 0.1) is 6.92 Å². The summed E-state index contributed by atoms with van der Waals surface area (Å²) < 4.78 is 12.1. The molecule has 2 heterocycles. The molecule has 0 bridgehead atoms. The molecule has 0 radical (unpaired) electrons. The molecule has 30 heavy (non-hydrogen) atoms. The lowest BCUT2D eigenvalue weighted by molar-refractivity contribution is -0.113. The highest BCUT2D eigenvalue weighted by atomic mass is 32.2. The average molecular weight is 421 g/mol. The molecule has 2 aromatic carbocycles. The number of rotatable bonds is 7. The molecule has 0 aliphatic rings. The smallest absolute Gasteiger partial charge is 0.236 e. The van der Waals surface area contributed by atoms with Crippen LogP contribution in [0.25, 0.3) is 17.1 Å². The number of carbonyl (C=O) groups excluding carboxylic acids is 1. The van der Waals surface area contributed by atoms with Gasteiger partial charge in [-0.15, -0.1) is 10.2 Å². The first kappa shape index (κ1) is 19.7. The van der Waals surface area contributed by atoms with Gasteiger partial charge in [-0.25, -0.2) is 0 Å². The highest BCUT2D eigenvalue weighted by Crippen LogP contribution is 2.29. The minimum atomic E-state index is -0.207. The lowest BCUT2D eigenvalue weighted by Crippen LogP contribution is -2.14. The Morgan fingerprint density at radius 1 is 1.13 bits per heavy atom. The van der Waals surface area contributed by atoms with Gasteiger partial charge in [0.05, 0.1) is 12.9 Å². The standard InChI is InChI=1S/C21H19N5O3S/c1-14-12-18(25-29-14)22-19(27)13-30-21-24-23-20(15-8-10-17(28-2)11-9-15)26(21)16-6-4-3-5-7-16/h3-12H,13H2,1-2H3,(H,22,25,27). The Bertz CT molecular complexity index is 1140. The van der Waals surface area contributed by atoms with Gasteiger partial charge in [0.25, 0.3) is 0 Å². The van der Waals surface area contributed by atoms with Crippen molar-refractivity contribution in [3.8, 4) is 22.8 Å². The van der Waals surface area contributed by atoms with Gasteiger partial charge in [-0.2, -0.15) is 0 Å². The SMILES string of the molecule is COc1ccc(-c2nnc(SCC(=O)Nc3cc(C)on3)n2-c2ccccc2)cc1. The van der Waals surface area contributed by atoms with Crippen molar-refractivity contribution in [1.29, 1.82) is 0 Å². The number of methoxy groups -OCH3 is 1. The quantitative estimate of drug-likeness (QED) is 0.451. The van der Waals surface area contributed by atoms with Crippen LogP contribution >= 0.6 is 11.8 Å². The molecule has 0 saturated carbocycles. The minimum Gasteiger partial charge on any atom is -0.497 e. The van der Waals surface area contributed by atoms with Crippen molar-refractivity contribution >= 4 is 23.5 Å². The summed E-state index contributed by atoms with van der Waals surface area (Å²) in [7, 11) is 1.63. The van der Waals surface area contributed by atoms with E-state index in [4.69, 9.17) is 9.26 Å². The maximum Gasteiger partial charge on any atom is 0.236 e. The predicted molar refractivity (Wildman–Crippen MR) is 114 cm³/mol. The number of aromatic nitrogens is 4. The second-order valence-corrected chi connectivity index (χ2v) is 7.31. The van der Waals surface area contributed by atoms with Crippen molar-refractivity contribution in [3.63, 3.8) is 0 Å². The molecule has 0 fully saturated rings. The zero-order valence-corrected chi connectivity index (χ0v) is 17.2. The Kier molecular flexibility index (Phi) is 5.80. The molecule has 9 heteroatoms. The van der Waals surface area contributed by atoms with Crippen LogP contribution in [0.4, 0.5) is 5.82 Å². The molecule has 0 saturated heterocycles. The Balaban J connectivity index is 1.59. The number of anilines is 1. The summed E-state index contributed by atoms with van der Waals surface area (Å²) in [6, 6.07) is 19.0. The summed E-state index contributed by atoms with van der Waals surface area (Å²) in [5.41, 5.74) is 1.80. The monoisotopic (exact) mass is 421 g/mol. The lowest BCUT2D eigenvalue weighted by Gasteiger charge is -2.10. The van der Waals surface area contributed by atoms with E-state index in [-0.39, 0.29) is 11.7 Å². The van der Waals surface area contributed by atoms with E-state index in [9.17, 15) is 4.79 Å². The third kappa shape index (κ3) is 4.36. The number of amides is 1. The van der Waals surface area contributed by atoms with E-state index in [1.807, 2.05) is 59.2 Å². The number of nitrogens with zero attached hydrogens (tertiary/aromatic N) is 4. The van der Waals surface area contributed by atoms with Crippen LogP contribution in [0.15, 0.2) is 70.3 Å². The van der Waals surface area contributed by atoms with Gasteiger partial charge in [0.1, 0.15) is 11.5 Å². The number of para-hydroxylation sites is 1. The number of benzene rings is 2. The summed E-state index contributed by atoms with van der Waals surface area (Å²) in [5, 5.41) is 15.8. The zero-order valence-electron chi connectivity index (χ0n) is 16.4. The first-order chi connectivity index (χ1) is 14.6. The largest absolute Gasteiger partial charge is 0.497 e. The Morgan fingerprint density at radius 2 is 1.90 bits per heavy atom. The number of thioether (sulfide) groups is 1. The highest BCUT2D eigenvalue weighted by Gasteiger charge is 2.17. The third-order valence-corrected chi connectivity index (χ3v) is 5.15. The molecule has 0 spiro atoms. The normalized spacial score (nSPS) is 10.7. The number of ether oxygens (including phenoxy) is 1. The van der Waals surface area contributed by atoms with Crippen LogP contribution in [-0.4, -0.2) is 38.7 Å². The second-order valence-electron chi connectivity index (χ2n) is 6.37. The molecule has 0 aliphatic carbocycles. The van der Waals surface area contributed by atoms with Crippen molar-refractivity contribution in [2.75, 3.05) is 18.2 Å². The van der Waals surface area contributed by atoms with Crippen molar-refractivity contribution < 1.29 is 14.1 Å². The molecule has 0 aliphatic heterocycles.